The second kappa shape index (κ2) is 6.18. The number of hydrogen-bond donors (Lipinski definition) is 3. The summed E-state index contributed by atoms with van der Waals surface area (Å²) in [5, 5.41) is 5.03. The minimum absolute atomic E-state index is 0.0525. The van der Waals surface area contributed by atoms with Crippen LogP contribution in [-0.2, 0) is 6.18 Å². The maximum absolute atomic E-state index is 13.0. The van der Waals surface area contributed by atoms with Gasteiger partial charge in [0.25, 0.3) is 11.5 Å². The molecular formula is C14H10F3N3O2S. The number of carbonyl (C=O) groups excluding carboxylic acids is 1. The molecule has 0 aliphatic carbocycles. The summed E-state index contributed by atoms with van der Waals surface area (Å²) in [6.45, 7) is 0. The van der Waals surface area contributed by atoms with Gasteiger partial charge in [0.05, 0.1) is 5.56 Å². The van der Waals surface area contributed by atoms with Crippen molar-refractivity contribution in [3.63, 3.8) is 0 Å². The lowest BCUT2D eigenvalue weighted by Gasteiger charge is -2.12. The highest BCUT2D eigenvalue weighted by molar-refractivity contribution is 7.10. The number of hydrogen-bond acceptors (Lipinski definition) is 4. The number of nitrogens with one attached hydrogen (secondary N) is 3. The number of H-pyrrole nitrogens is 1. The minimum Gasteiger partial charge on any atom is -0.355 e. The summed E-state index contributed by atoms with van der Waals surface area (Å²) in [6.07, 6.45) is 0.451. The first-order valence-corrected chi connectivity index (χ1v) is 6.98. The molecule has 9 heteroatoms. The molecule has 23 heavy (non-hydrogen) atoms. The van der Waals surface area contributed by atoms with Crippen molar-refractivity contribution in [3.8, 4) is 12.3 Å². The first-order valence-electron chi connectivity index (χ1n) is 6.16. The first kappa shape index (κ1) is 16.6. The van der Waals surface area contributed by atoms with E-state index in [1.807, 2.05) is 5.92 Å². The van der Waals surface area contributed by atoms with Gasteiger partial charge in [0.1, 0.15) is 10.6 Å². The highest BCUT2D eigenvalue weighted by atomic mass is 32.1. The van der Waals surface area contributed by atoms with E-state index in [1.165, 1.54) is 13.1 Å². The van der Waals surface area contributed by atoms with Crippen LogP contribution in [0.25, 0.3) is 0 Å². The topological polar surface area (TPSA) is 74.0 Å². The molecule has 0 fully saturated rings. The Bertz CT molecular complexity index is 846. The Morgan fingerprint density at radius 3 is 2.65 bits per heavy atom. The molecule has 0 spiro atoms. The molecule has 1 amide bonds. The SMILES string of the molecule is C#Cc1ccc(Nc2s[nH]c(=O)c2C(=O)NC)cc1C(F)(F)F. The number of halogens is 3. The van der Waals surface area contributed by atoms with Gasteiger partial charge in [-0.2, -0.15) is 13.2 Å². The smallest absolute Gasteiger partial charge is 0.355 e. The highest BCUT2D eigenvalue weighted by Crippen LogP contribution is 2.34. The number of terminal acetylenes is 1. The first-order chi connectivity index (χ1) is 10.8. The monoisotopic (exact) mass is 341 g/mol. The maximum Gasteiger partial charge on any atom is 0.417 e. The summed E-state index contributed by atoms with van der Waals surface area (Å²) < 4.78 is 41.3. The molecule has 1 aromatic heterocycles. The normalized spacial score (nSPS) is 10.9. The van der Waals surface area contributed by atoms with E-state index in [-0.39, 0.29) is 21.8 Å². The number of aromatic amines is 1. The van der Waals surface area contributed by atoms with Crippen LogP contribution in [0.15, 0.2) is 23.0 Å². The lowest BCUT2D eigenvalue weighted by atomic mass is 10.1. The van der Waals surface area contributed by atoms with Crippen LogP contribution in [0.4, 0.5) is 23.9 Å². The lowest BCUT2D eigenvalue weighted by molar-refractivity contribution is -0.137. The molecule has 0 bridgehead atoms. The van der Waals surface area contributed by atoms with Crippen LogP contribution in [0.1, 0.15) is 21.5 Å². The molecule has 3 N–H and O–H groups in total. The zero-order valence-electron chi connectivity index (χ0n) is 11.7. The number of rotatable bonds is 3. The fraction of sp³-hybridized carbons (Fsp3) is 0.143. The van der Waals surface area contributed by atoms with Gasteiger partial charge in [0, 0.05) is 18.3 Å². The molecule has 0 unspecified atom stereocenters. The molecule has 1 aromatic carbocycles. The second-order valence-corrected chi connectivity index (χ2v) is 5.16. The summed E-state index contributed by atoms with van der Waals surface area (Å²) in [5.74, 6) is 1.32. The molecule has 0 aliphatic heterocycles. The fourth-order valence-corrected chi connectivity index (χ4v) is 2.59. The number of amides is 1. The number of alkyl halides is 3. The molecule has 2 rings (SSSR count). The Morgan fingerprint density at radius 2 is 2.09 bits per heavy atom. The third kappa shape index (κ3) is 3.37. The van der Waals surface area contributed by atoms with Gasteiger partial charge < -0.3 is 10.6 Å². The molecule has 120 valence electrons. The maximum atomic E-state index is 13.0. The Kier molecular flexibility index (Phi) is 4.47. The van der Waals surface area contributed by atoms with Crippen molar-refractivity contribution in [1.82, 2.24) is 9.69 Å². The van der Waals surface area contributed by atoms with Crippen molar-refractivity contribution in [2.45, 2.75) is 6.18 Å². The van der Waals surface area contributed by atoms with E-state index in [1.54, 1.807) is 0 Å². The van der Waals surface area contributed by atoms with Crippen LogP contribution in [0.5, 0.6) is 0 Å². The third-order valence-corrected chi connectivity index (χ3v) is 3.69. The van der Waals surface area contributed by atoms with Crippen LogP contribution in [0, 0.1) is 12.3 Å². The molecule has 0 saturated carbocycles. The van der Waals surface area contributed by atoms with Gasteiger partial charge in [0.15, 0.2) is 0 Å². The molecule has 0 radical (unpaired) electrons. The van der Waals surface area contributed by atoms with E-state index in [0.29, 0.717) is 0 Å². The zero-order valence-corrected chi connectivity index (χ0v) is 12.5. The van der Waals surface area contributed by atoms with Crippen LogP contribution in [0.3, 0.4) is 0 Å². The predicted molar refractivity (Wildman–Crippen MR) is 81.0 cm³/mol. The fourth-order valence-electron chi connectivity index (χ4n) is 1.84. The van der Waals surface area contributed by atoms with Gasteiger partial charge in [-0.25, -0.2) is 0 Å². The summed E-state index contributed by atoms with van der Waals surface area (Å²) in [5.41, 5.74) is -2.05. The van der Waals surface area contributed by atoms with E-state index in [9.17, 15) is 22.8 Å². The summed E-state index contributed by atoms with van der Waals surface area (Å²) in [6, 6.07) is 3.30. The van der Waals surface area contributed by atoms with Crippen LogP contribution in [-0.4, -0.2) is 17.3 Å². The van der Waals surface area contributed by atoms with Crippen LogP contribution >= 0.6 is 11.5 Å². The Morgan fingerprint density at radius 1 is 1.39 bits per heavy atom. The quantitative estimate of drug-likeness (QED) is 0.751. The molecule has 0 saturated heterocycles. The summed E-state index contributed by atoms with van der Waals surface area (Å²) in [7, 11) is 1.34. The number of anilines is 2. The number of carbonyl (C=O) groups is 1. The molecule has 0 aliphatic rings. The minimum atomic E-state index is -4.62. The molecule has 5 nitrogen and oxygen atoms in total. The average molecular weight is 341 g/mol. The highest BCUT2D eigenvalue weighted by Gasteiger charge is 2.33. The zero-order chi connectivity index (χ0) is 17.2. The van der Waals surface area contributed by atoms with Gasteiger partial charge in [0.2, 0.25) is 0 Å². The number of aromatic nitrogens is 1. The van der Waals surface area contributed by atoms with Crippen molar-refractivity contribution >= 4 is 28.1 Å². The van der Waals surface area contributed by atoms with E-state index in [0.717, 1.165) is 23.7 Å². The van der Waals surface area contributed by atoms with Crippen molar-refractivity contribution in [3.05, 3.63) is 45.2 Å². The van der Waals surface area contributed by atoms with Gasteiger partial charge in [-0.05, 0) is 29.7 Å². The molecule has 0 atom stereocenters. The van der Waals surface area contributed by atoms with Gasteiger partial charge in [-0.1, -0.05) is 5.92 Å². The standard InChI is InChI=1S/C14H10F3N3O2S/c1-3-7-4-5-8(6-9(7)14(15,16)17)19-13-10(11(21)18-2)12(22)20-23-13/h1,4-6,19H,2H3,(H,18,21)(H,20,22). The Hall–Kier alpha value is -2.73. The van der Waals surface area contributed by atoms with Crippen molar-refractivity contribution in [1.29, 1.82) is 0 Å². The van der Waals surface area contributed by atoms with Gasteiger partial charge >= 0.3 is 6.18 Å². The van der Waals surface area contributed by atoms with Gasteiger partial charge in [-0.3, -0.25) is 14.0 Å². The van der Waals surface area contributed by atoms with Crippen molar-refractivity contribution in [2.75, 3.05) is 12.4 Å². The average Bonchev–Trinajstić information content (AvgIpc) is 2.86. The van der Waals surface area contributed by atoms with E-state index in [2.05, 4.69) is 15.0 Å². The number of benzene rings is 1. The molecular weight excluding hydrogens is 331 g/mol. The van der Waals surface area contributed by atoms with Crippen LogP contribution < -0.4 is 16.2 Å². The van der Waals surface area contributed by atoms with Crippen LogP contribution in [0.2, 0.25) is 0 Å². The Balaban J connectivity index is 2.45. The summed E-state index contributed by atoms with van der Waals surface area (Å²) in [4.78, 5) is 23.3. The molecule has 2 aromatic rings. The van der Waals surface area contributed by atoms with E-state index < -0.39 is 23.2 Å². The lowest BCUT2D eigenvalue weighted by Crippen LogP contribution is -2.24. The third-order valence-electron chi connectivity index (χ3n) is 2.89. The largest absolute Gasteiger partial charge is 0.417 e. The van der Waals surface area contributed by atoms with Crippen molar-refractivity contribution in [2.24, 2.45) is 0 Å². The predicted octanol–water partition coefficient (Wildman–Crippen LogP) is 2.54. The summed E-state index contributed by atoms with van der Waals surface area (Å²) >= 11 is 0.807. The van der Waals surface area contributed by atoms with Crippen molar-refractivity contribution < 1.29 is 18.0 Å². The van der Waals surface area contributed by atoms with Gasteiger partial charge in [-0.15, -0.1) is 6.42 Å². The second-order valence-electron chi connectivity index (χ2n) is 4.34. The Labute approximate surface area is 132 Å². The van der Waals surface area contributed by atoms with E-state index in [4.69, 9.17) is 6.42 Å². The molecule has 1 heterocycles. The van der Waals surface area contributed by atoms with E-state index >= 15 is 0 Å².